The minimum Gasteiger partial charge on any atom is -0.369 e. The Morgan fingerprint density at radius 2 is 2.13 bits per heavy atom. The zero-order valence-corrected chi connectivity index (χ0v) is 12.6. The molecule has 1 aliphatic heterocycles. The minimum absolute atomic E-state index is 0.269. The normalized spacial score (nSPS) is 14.4. The quantitative estimate of drug-likeness (QED) is 0.697. The van der Waals surface area contributed by atoms with Crippen molar-refractivity contribution < 1.29 is 9.18 Å². The number of carbonyl (C=O) groups is 1. The summed E-state index contributed by atoms with van der Waals surface area (Å²) in [6.45, 7) is 1.79. The molecule has 0 saturated carbocycles. The van der Waals surface area contributed by atoms with Gasteiger partial charge in [0.2, 0.25) is 0 Å². The van der Waals surface area contributed by atoms with Crippen molar-refractivity contribution in [1.29, 1.82) is 0 Å². The Kier molecular flexibility index (Phi) is 4.61. The summed E-state index contributed by atoms with van der Waals surface area (Å²) in [5.74, 6) is -0.627. The first-order chi connectivity index (χ1) is 11.2. The van der Waals surface area contributed by atoms with E-state index in [9.17, 15) is 9.18 Å². The van der Waals surface area contributed by atoms with Crippen molar-refractivity contribution in [1.82, 2.24) is 10.4 Å². The predicted molar refractivity (Wildman–Crippen MR) is 87.1 cm³/mol. The summed E-state index contributed by atoms with van der Waals surface area (Å²) in [7, 11) is 0. The van der Waals surface area contributed by atoms with Crippen molar-refractivity contribution in [3.8, 4) is 0 Å². The number of amides is 1. The molecule has 1 fully saturated rings. The molecule has 0 unspecified atom stereocenters. The Bertz CT molecular complexity index is 712. The summed E-state index contributed by atoms with van der Waals surface area (Å²) in [6.07, 6.45) is 6.66. The highest BCUT2D eigenvalue weighted by Gasteiger charge is 2.15. The molecule has 1 saturated heterocycles. The van der Waals surface area contributed by atoms with Gasteiger partial charge in [-0.05, 0) is 42.7 Å². The lowest BCUT2D eigenvalue weighted by molar-refractivity contribution is 0.0955. The van der Waals surface area contributed by atoms with Crippen molar-refractivity contribution in [2.45, 2.75) is 12.8 Å². The Balaban J connectivity index is 1.63. The predicted octanol–water partition coefficient (Wildman–Crippen LogP) is 2.58. The number of benzene rings is 1. The highest BCUT2D eigenvalue weighted by Crippen LogP contribution is 2.23. The molecule has 1 aromatic carbocycles. The molecule has 3 rings (SSSR count). The van der Waals surface area contributed by atoms with Gasteiger partial charge in [0.1, 0.15) is 5.82 Å². The molecule has 2 aromatic rings. The van der Waals surface area contributed by atoms with Gasteiger partial charge in [-0.25, -0.2) is 9.82 Å². The second kappa shape index (κ2) is 7.00. The smallest absolute Gasteiger partial charge is 0.272 e. The van der Waals surface area contributed by atoms with E-state index in [2.05, 4.69) is 15.5 Å². The molecule has 0 radical (unpaired) electrons. The number of rotatable bonds is 4. The van der Waals surface area contributed by atoms with E-state index in [1.165, 1.54) is 18.5 Å². The summed E-state index contributed by atoms with van der Waals surface area (Å²) in [5.41, 5.74) is 4.03. The lowest BCUT2D eigenvalue weighted by atomic mass is 10.2. The minimum atomic E-state index is -0.358. The van der Waals surface area contributed by atoms with E-state index in [-0.39, 0.29) is 11.7 Å². The van der Waals surface area contributed by atoms with Crippen molar-refractivity contribution >= 4 is 17.8 Å². The van der Waals surface area contributed by atoms with Crippen LogP contribution in [0.25, 0.3) is 0 Å². The van der Waals surface area contributed by atoms with Crippen LogP contribution in [-0.2, 0) is 0 Å². The maximum Gasteiger partial charge on any atom is 0.272 e. The van der Waals surface area contributed by atoms with Crippen LogP contribution in [0.4, 0.5) is 10.1 Å². The fraction of sp³-hybridized carbons (Fsp3) is 0.235. The molecule has 0 atom stereocenters. The van der Waals surface area contributed by atoms with Gasteiger partial charge in [0.15, 0.2) is 0 Å². The first-order valence-corrected chi connectivity index (χ1v) is 7.52. The van der Waals surface area contributed by atoms with Crippen molar-refractivity contribution in [2.75, 3.05) is 18.0 Å². The molecular weight excluding hydrogens is 295 g/mol. The van der Waals surface area contributed by atoms with E-state index in [0.717, 1.165) is 25.9 Å². The zero-order valence-electron chi connectivity index (χ0n) is 12.6. The number of anilines is 1. The molecule has 1 aliphatic rings. The Hall–Kier alpha value is -2.76. The SMILES string of the molecule is O=C(N/N=C\c1ccc(N2CCCC2)c(F)c1)c1cccnc1. The van der Waals surface area contributed by atoms with Gasteiger partial charge in [0.05, 0.1) is 17.5 Å². The number of carbonyl (C=O) groups excluding carboxylic acids is 1. The van der Waals surface area contributed by atoms with Gasteiger partial charge in [-0.1, -0.05) is 6.07 Å². The fourth-order valence-electron chi connectivity index (χ4n) is 2.55. The zero-order chi connectivity index (χ0) is 16.1. The van der Waals surface area contributed by atoms with E-state index in [4.69, 9.17) is 0 Å². The van der Waals surface area contributed by atoms with E-state index < -0.39 is 0 Å². The molecule has 1 N–H and O–H groups in total. The van der Waals surface area contributed by atoms with E-state index in [1.54, 1.807) is 30.5 Å². The van der Waals surface area contributed by atoms with Crippen molar-refractivity contribution in [2.24, 2.45) is 5.10 Å². The molecule has 118 valence electrons. The lowest BCUT2D eigenvalue weighted by Crippen LogP contribution is -2.19. The molecule has 0 spiro atoms. The van der Waals surface area contributed by atoms with E-state index in [1.807, 2.05) is 4.90 Å². The Morgan fingerprint density at radius 3 is 2.83 bits per heavy atom. The highest BCUT2D eigenvalue weighted by atomic mass is 19.1. The van der Waals surface area contributed by atoms with Crippen LogP contribution in [0, 0.1) is 5.82 Å². The standard InChI is InChI=1S/C17H17FN4O/c18-15-10-13(5-6-16(15)22-8-1-2-9-22)11-20-21-17(23)14-4-3-7-19-12-14/h3-7,10-12H,1-2,8-9H2,(H,21,23)/b20-11-. The van der Waals surface area contributed by atoms with Crippen LogP contribution >= 0.6 is 0 Å². The first-order valence-electron chi connectivity index (χ1n) is 7.52. The second-order valence-corrected chi connectivity index (χ2v) is 5.35. The summed E-state index contributed by atoms with van der Waals surface area (Å²) in [5, 5.41) is 3.85. The molecule has 1 aromatic heterocycles. The largest absolute Gasteiger partial charge is 0.369 e. The van der Waals surface area contributed by atoms with E-state index >= 15 is 0 Å². The van der Waals surface area contributed by atoms with Crippen LogP contribution in [0.3, 0.4) is 0 Å². The molecule has 2 heterocycles. The molecule has 5 nitrogen and oxygen atoms in total. The van der Waals surface area contributed by atoms with Crippen molar-refractivity contribution in [3.05, 3.63) is 59.7 Å². The molecular formula is C17H17FN4O. The van der Waals surface area contributed by atoms with Crippen LogP contribution in [0.5, 0.6) is 0 Å². The summed E-state index contributed by atoms with van der Waals surface area (Å²) >= 11 is 0. The highest BCUT2D eigenvalue weighted by molar-refractivity contribution is 5.94. The molecule has 0 bridgehead atoms. The number of hydrogen-bond donors (Lipinski definition) is 1. The third-order valence-corrected chi connectivity index (χ3v) is 3.72. The van der Waals surface area contributed by atoms with Crippen LogP contribution < -0.4 is 10.3 Å². The molecule has 6 heteroatoms. The summed E-state index contributed by atoms with van der Waals surface area (Å²) in [6, 6.07) is 8.28. The summed E-state index contributed by atoms with van der Waals surface area (Å²) < 4.78 is 14.2. The number of halogens is 1. The van der Waals surface area contributed by atoms with Gasteiger partial charge in [-0.2, -0.15) is 5.10 Å². The third kappa shape index (κ3) is 3.71. The Morgan fingerprint density at radius 1 is 1.30 bits per heavy atom. The van der Waals surface area contributed by atoms with Crippen LogP contribution in [0.1, 0.15) is 28.8 Å². The average molecular weight is 312 g/mol. The van der Waals surface area contributed by atoms with Gasteiger partial charge in [-0.3, -0.25) is 9.78 Å². The number of hydrazone groups is 1. The monoisotopic (exact) mass is 312 g/mol. The third-order valence-electron chi connectivity index (χ3n) is 3.72. The van der Waals surface area contributed by atoms with Gasteiger partial charge >= 0.3 is 0 Å². The molecule has 1 amide bonds. The average Bonchev–Trinajstić information content (AvgIpc) is 3.10. The number of hydrogen-bond acceptors (Lipinski definition) is 4. The number of nitrogens with one attached hydrogen (secondary N) is 1. The number of nitrogens with zero attached hydrogens (tertiary/aromatic N) is 3. The van der Waals surface area contributed by atoms with Crippen LogP contribution in [0.2, 0.25) is 0 Å². The van der Waals surface area contributed by atoms with Crippen molar-refractivity contribution in [3.63, 3.8) is 0 Å². The van der Waals surface area contributed by atoms with Crippen LogP contribution in [-0.4, -0.2) is 30.2 Å². The molecule has 0 aliphatic carbocycles. The fourth-order valence-corrected chi connectivity index (χ4v) is 2.55. The Labute approximate surface area is 133 Å². The van der Waals surface area contributed by atoms with Gasteiger partial charge in [0, 0.05) is 25.5 Å². The van der Waals surface area contributed by atoms with E-state index in [0.29, 0.717) is 16.8 Å². The van der Waals surface area contributed by atoms with Gasteiger partial charge < -0.3 is 4.90 Å². The number of pyridine rings is 1. The van der Waals surface area contributed by atoms with Gasteiger partial charge in [0.25, 0.3) is 5.91 Å². The summed E-state index contributed by atoms with van der Waals surface area (Å²) in [4.78, 5) is 17.7. The maximum atomic E-state index is 14.2. The lowest BCUT2D eigenvalue weighted by Gasteiger charge is -2.18. The van der Waals surface area contributed by atoms with Gasteiger partial charge in [-0.15, -0.1) is 0 Å². The second-order valence-electron chi connectivity index (χ2n) is 5.35. The number of aromatic nitrogens is 1. The molecule has 23 heavy (non-hydrogen) atoms. The topological polar surface area (TPSA) is 57.6 Å². The maximum absolute atomic E-state index is 14.2. The van der Waals surface area contributed by atoms with Crippen LogP contribution in [0.15, 0.2) is 47.8 Å². The first kappa shape index (κ1) is 15.1.